The maximum Gasteiger partial charge on any atom is 0.338 e. The lowest BCUT2D eigenvalue weighted by Gasteiger charge is -2.07. The Bertz CT molecular complexity index is 452. The van der Waals surface area contributed by atoms with Crippen molar-refractivity contribution in [1.82, 2.24) is 0 Å². The molecule has 1 rings (SSSR count). The Morgan fingerprint density at radius 1 is 1.44 bits per heavy atom. The van der Waals surface area contributed by atoms with Crippen LogP contribution in [0.5, 0.6) is 5.75 Å². The number of hydrogen-bond donors (Lipinski definition) is 1. The molecule has 0 bridgehead atoms. The van der Waals surface area contributed by atoms with Crippen LogP contribution in [-0.4, -0.2) is 19.7 Å². The average molecular weight is 248 g/mol. The standard InChI is InChI=1S/C13H16N2O3/c1-17-12-6-5-10(9-11(12)15)13(16)18-8-4-2-3-7-14/h5-6,9H,2-4,8,15H2,1H3. The number of benzene rings is 1. The average Bonchev–Trinajstić information content (AvgIpc) is 2.38. The number of ether oxygens (including phenoxy) is 2. The second-order valence-electron chi connectivity index (χ2n) is 3.71. The number of nitrogen functional groups attached to an aromatic ring is 1. The smallest absolute Gasteiger partial charge is 0.338 e. The molecule has 0 fully saturated rings. The number of unbranched alkanes of at least 4 members (excludes halogenated alkanes) is 2. The molecule has 0 heterocycles. The predicted molar refractivity (Wildman–Crippen MR) is 67.2 cm³/mol. The third-order valence-electron chi connectivity index (χ3n) is 2.38. The monoisotopic (exact) mass is 248 g/mol. The highest BCUT2D eigenvalue weighted by molar-refractivity contribution is 5.91. The molecule has 0 amide bonds. The summed E-state index contributed by atoms with van der Waals surface area (Å²) in [6.07, 6.45) is 1.90. The van der Waals surface area contributed by atoms with Gasteiger partial charge in [-0.1, -0.05) is 0 Å². The van der Waals surface area contributed by atoms with Crippen LogP contribution >= 0.6 is 0 Å². The highest BCUT2D eigenvalue weighted by Gasteiger charge is 2.09. The van der Waals surface area contributed by atoms with Crippen molar-refractivity contribution in [3.8, 4) is 11.8 Å². The second-order valence-corrected chi connectivity index (χ2v) is 3.71. The van der Waals surface area contributed by atoms with Gasteiger partial charge in [0.05, 0.1) is 31.0 Å². The van der Waals surface area contributed by atoms with E-state index in [1.807, 2.05) is 6.07 Å². The van der Waals surface area contributed by atoms with Crippen molar-refractivity contribution in [3.63, 3.8) is 0 Å². The molecular weight excluding hydrogens is 232 g/mol. The summed E-state index contributed by atoms with van der Waals surface area (Å²) in [6.45, 7) is 0.312. The third kappa shape index (κ3) is 3.98. The maximum atomic E-state index is 11.6. The second kappa shape index (κ2) is 7.17. The summed E-state index contributed by atoms with van der Waals surface area (Å²) in [7, 11) is 1.51. The molecule has 0 aliphatic rings. The fraction of sp³-hybridized carbons (Fsp3) is 0.385. The van der Waals surface area contributed by atoms with Crippen LogP contribution in [0.1, 0.15) is 29.6 Å². The lowest BCUT2D eigenvalue weighted by molar-refractivity contribution is 0.0499. The first-order valence-electron chi connectivity index (χ1n) is 5.66. The lowest BCUT2D eigenvalue weighted by Crippen LogP contribution is -2.07. The van der Waals surface area contributed by atoms with E-state index in [1.165, 1.54) is 13.2 Å². The van der Waals surface area contributed by atoms with E-state index in [1.54, 1.807) is 12.1 Å². The van der Waals surface area contributed by atoms with Gasteiger partial charge in [0.2, 0.25) is 0 Å². The molecule has 0 aromatic heterocycles. The molecule has 1 aromatic carbocycles. The van der Waals surface area contributed by atoms with Crippen LogP contribution in [0, 0.1) is 11.3 Å². The number of rotatable bonds is 6. The van der Waals surface area contributed by atoms with Crippen molar-refractivity contribution in [1.29, 1.82) is 5.26 Å². The number of hydrogen-bond acceptors (Lipinski definition) is 5. The van der Waals surface area contributed by atoms with Crippen LogP contribution in [0.25, 0.3) is 0 Å². The number of carbonyl (C=O) groups excluding carboxylic acids is 1. The minimum absolute atomic E-state index is 0.312. The van der Waals surface area contributed by atoms with E-state index in [4.69, 9.17) is 20.5 Å². The predicted octanol–water partition coefficient (Wildman–Crippen LogP) is 2.13. The van der Waals surface area contributed by atoms with Gasteiger partial charge in [0.25, 0.3) is 0 Å². The van der Waals surface area contributed by atoms with Crippen molar-refractivity contribution < 1.29 is 14.3 Å². The zero-order valence-electron chi connectivity index (χ0n) is 10.3. The van der Waals surface area contributed by atoms with Gasteiger partial charge in [0, 0.05) is 6.42 Å². The molecule has 0 aliphatic carbocycles. The van der Waals surface area contributed by atoms with Gasteiger partial charge in [0.1, 0.15) is 5.75 Å². The van der Waals surface area contributed by atoms with Crippen molar-refractivity contribution in [2.75, 3.05) is 19.5 Å². The Morgan fingerprint density at radius 2 is 2.22 bits per heavy atom. The van der Waals surface area contributed by atoms with Crippen molar-refractivity contribution in [2.24, 2.45) is 0 Å². The number of anilines is 1. The zero-order chi connectivity index (χ0) is 13.4. The molecule has 5 heteroatoms. The molecule has 0 radical (unpaired) electrons. The molecule has 2 N–H and O–H groups in total. The van der Waals surface area contributed by atoms with Gasteiger partial charge in [-0.15, -0.1) is 0 Å². The van der Waals surface area contributed by atoms with Crippen LogP contribution in [0.2, 0.25) is 0 Å². The first-order valence-corrected chi connectivity index (χ1v) is 5.66. The minimum atomic E-state index is -0.415. The molecule has 0 saturated carbocycles. The fourth-order valence-corrected chi connectivity index (χ4v) is 1.42. The van der Waals surface area contributed by atoms with Crippen LogP contribution < -0.4 is 10.5 Å². The van der Waals surface area contributed by atoms with Gasteiger partial charge in [-0.25, -0.2) is 4.79 Å². The summed E-state index contributed by atoms with van der Waals surface area (Å²) < 4.78 is 10.1. The van der Waals surface area contributed by atoms with Crippen LogP contribution in [-0.2, 0) is 4.74 Å². The topological polar surface area (TPSA) is 85.3 Å². The van der Waals surface area contributed by atoms with E-state index < -0.39 is 5.97 Å². The molecular formula is C13H16N2O3. The Morgan fingerprint density at radius 3 is 2.83 bits per heavy atom. The van der Waals surface area contributed by atoms with Gasteiger partial charge < -0.3 is 15.2 Å². The number of nitrogens with zero attached hydrogens (tertiary/aromatic N) is 1. The fourth-order valence-electron chi connectivity index (χ4n) is 1.42. The van der Waals surface area contributed by atoms with Gasteiger partial charge in [0.15, 0.2) is 0 Å². The third-order valence-corrected chi connectivity index (χ3v) is 2.38. The molecule has 0 atom stereocenters. The summed E-state index contributed by atoms with van der Waals surface area (Å²) in [5.74, 6) is 0.113. The van der Waals surface area contributed by atoms with Gasteiger partial charge >= 0.3 is 5.97 Å². The van der Waals surface area contributed by atoms with Crippen LogP contribution in [0.15, 0.2) is 18.2 Å². The molecule has 1 aromatic rings. The largest absolute Gasteiger partial charge is 0.495 e. The van der Waals surface area contributed by atoms with Gasteiger partial charge in [-0.05, 0) is 31.0 Å². The normalized spacial score (nSPS) is 9.56. The maximum absolute atomic E-state index is 11.6. The highest BCUT2D eigenvalue weighted by atomic mass is 16.5. The van der Waals surface area contributed by atoms with Gasteiger partial charge in [-0.3, -0.25) is 0 Å². The van der Waals surface area contributed by atoms with E-state index in [-0.39, 0.29) is 0 Å². The first kappa shape index (κ1) is 13.8. The van der Waals surface area contributed by atoms with Crippen molar-refractivity contribution in [3.05, 3.63) is 23.8 Å². The SMILES string of the molecule is COc1ccc(C(=O)OCCCCC#N)cc1N. The number of nitriles is 1. The van der Waals surface area contributed by atoms with E-state index >= 15 is 0 Å². The summed E-state index contributed by atoms with van der Waals surface area (Å²) >= 11 is 0. The zero-order valence-corrected chi connectivity index (χ0v) is 10.3. The van der Waals surface area contributed by atoms with Crippen LogP contribution in [0.3, 0.4) is 0 Å². The van der Waals surface area contributed by atoms with Crippen molar-refractivity contribution >= 4 is 11.7 Å². The van der Waals surface area contributed by atoms with E-state index in [2.05, 4.69) is 0 Å². The number of nitrogens with two attached hydrogens (primary N) is 1. The number of carbonyl (C=O) groups is 1. The van der Waals surface area contributed by atoms with Gasteiger partial charge in [-0.2, -0.15) is 5.26 Å². The summed E-state index contributed by atoms with van der Waals surface area (Å²) in [6, 6.07) is 6.79. The summed E-state index contributed by atoms with van der Waals surface area (Å²) in [5.41, 5.74) is 6.49. The highest BCUT2D eigenvalue weighted by Crippen LogP contribution is 2.22. The Hall–Kier alpha value is -2.22. The molecule has 0 spiro atoms. The Labute approximate surface area is 106 Å². The van der Waals surface area contributed by atoms with E-state index in [0.29, 0.717) is 36.4 Å². The molecule has 5 nitrogen and oxygen atoms in total. The molecule has 96 valence electrons. The molecule has 0 saturated heterocycles. The molecule has 18 heavy (non-hydrogen) atoms. The molecule has 0 aliphatic heterocycles. The Balaban J connectivity index is 2.47. The molecule has 0 unspecified atom stereocenters. The Kier molecular flexibility index (Phi) is 5.52. The summed E-state index contributed by atoms with van der Waals surface area (Å²) in [4.78, 5) is 11.6. The van der Waals surface area contributed by atoms with Crippen molar-refractivity contribution in [2.45, 2.75) is 19.3 Å². The number of esters is 1. The van der Waals surface area contributed by atoms with E-state index in [0.717, 1.165) is 6.42 Å². The number of methoxy groups -OCH3 is 1. The summed E-state index contributed by atoms with van der Waals surface area (Å²) in [5, 5.41) is 8.35. The first-order chi connectivity index (χ1) is 8.69. The minimum Gasteiger partial charge on any atom is -0.495 e. The van der Waals surface area contributed by atoms with E-state index in [9.17, 15) is 4.79 Å². The quantitative estimate of drug-likeness (QED) is 0.473. The lowest BCUT2D eigenvalue weighted by atomic mass is 10.2. The van der Waals surface area contributed by atoms with Crippen LogP contribution in [0.4, 0.5) is 5.69 Å².